The zero-order chi connectivity index (χ0) is 17.4. The van der Waals surface area contributed by atoms with Crippen molar-refractivity contribution in [1.82, 2.24) is 15.3 Å². The summed E-state index contributed by atoms with van der Waals surface area (Å²) in [7, 11) is 0. The summed E-state index contributed by atoms with van der Waals surface area (Å²) in [4.78, 5) is 25.5. The van der Waals surface area contributed by atoms with Gasteiger partial charge in [-0.25, -0.2) is 9.97 Å². The van der Waals surface area contributed by atoms with Crippen molar-refractivity contribution in [3.63, 3.8) is 0 Å². The minimum Gasteiger partial charge on any atom is -0.356 e. The summed E-state index contributed by atoms with van der Waals surface area (Å²) in [6.07, 6.45) is 8.02. The van der Waals surface area contributed by atoms with Crippen LogP contribution in [0.25, 0.3) is 10.2 Å². The Kier molecular flexibility index (Phi) is 4.40. The second kappa shape index (κ2) is 6.56. The number of amides is 1. The van der Waals surface area contributed by atoms with Crippen molar-refractivity contribution in [3.05, 3.63) is 17.3 Å². The predicted octanol–water partition coefficient (Wildman–Crippen LogP) is 3.53. The van der Waals surface area contributed by atoms with Crippen LogP contribution < -0.4 is 10.2 Å². The van der Waals surface area contributed by atoms with Gasteiger partial charge >= 0.3 is 0 Å². The van der Waals surface area contributed by atoms with Gasteiger partial charge in [0, 0.05) is 30.4 Å². The summed E-state index contributed by atoms with van der Waals surface area (Å²) in [6, 6.07) is 2.66. The molecule has 1 saturated heterocycles. The topological polar surface area (TPSA) is 58.1 Å². The monoisotopic (exact) mass is 358 g/mol. The van der Waals surface area contributed by atoms with Crippen LogP contribution in [-0.4, -0.2) is 35.0 Å². The Bertz CT molecular complexity index is 771. The van der Waals surface area contributed by atoms with Crippen molar-refractivity contribution in [2.45, 2.75) is 58.4 Å². The summed E-state index contributed by atoms with van der Waals surface area (Å²) in [6.45, 7) is 6.21. The number of hydrogen-bond donors (Lipinski definition) is 1. The SMILES string of the molecule is CCC(=O)NC1CC2(CCN(c3ncnc4sc(CC)cc34)CC2)C1. The Morgan fingerprint density at radius 2 is 2.08 bits per heavy atom. The van der Waals surface area contributed by atoms with Crippen molar-refractivity contribution >= 4 is 33.3 Å². The van der Waals surface area contributed by atoms with Crippen molar-refractivity contribution in [3.8, 4) is 0 Å². The average molecular weight is 359 g/mol. The molecule has 0 aromatic carbocycles. The lowest BCUT2D eigenvalue weighted by molar-refractivity contribution is -0.123. The van der Waals surface area contributed by atoms with Gasteiger partial charge in [0.25, 0.3) is 0 Å². The largest absolute Gasteiger partial charge is 0.356 e. The molecule has 0 unspecified atom stereocenters. The standard InChI is InChI=1S/C19H26N4OS/c1-3-14-9-15-17(20-12-21-18(15)25-14)23-7-5-19(6-8-23)10-13(11-19)22-16(24)4-2/h9,12-13H,3-8,10-11H2,1-2H3,(H,22,24). The van der Waals surface area contributed by atoms with Crippen LogP contribution in [0, 0.1) is 5.41 Å². The molecule has 0 bridgehead atoms. The molecule has 1 aliphatic heterocycles. The molecule has 2 aromatic heterocycles. The first kappa shape index (κ1) is 16.8. The first-order valence-electron chi connectivity index (χ1n) is 9.40. The molecule has 1 N–H and O–H groups in total. The first-order valence-corrected chi connectivity index (χ1v) is 10.2. The number of fused-ring (bicyclic) bond motifs is 1. The van der Waals surface area contributed by atoms with E-state index >= 15 is 0 Å². The Balaban J connectivity index is 1.41. The molecular weight excluding hydrogens is 332 g/mol. The van der Waals surface area contributed by atoms with Crippen LogP contribution in [0.5, 0.6) is 0 Å². The number of aromatic nitrogens is 2. The molecule has 2 aliphatic rings. The predicted molar refractivity (Wildman–Crippen MR) is 102 cm³/mol. The lowest BCUT2D eigenvalue weighted by atomic mass is 9.60. The second-order valence-corrected chi connectivity index (χ2v) is 8.61. The fourth-order valence-electron chi connectivity index (χ4n) is 4.34. The quantitative estimate of drug-likeness (QED) is 0.908. The van der Waals surface area contributed by atoms with Gasteiger partial charge in [-0.05, 0) is 43.6 Å². The molecule has 3 heterocycles. The molecular formula is C19H26N4OS. The number of nitrogens with one attached hydrogen (secondary N) is 1. The highest BCUT2D eigenvalue weighted by Gasteiger charge is 2.46. The van der Waals surface area contributed by atoms with Crippen LogP contribution in [0.2, 0.25) is 0 Å². The Labute approximate surface area is 152 Å². The van der Waals surface area contributed by atoms with Crippen LogP contribution in [0.4, 0.5) is 5.82 Å². The molecule has 1 saturated carbocycles. The van der Waals surface area contributed by atoms with Gasteiger partial charge in [0.05, 0.1) is 5.39 Å². The van der Waals surface area contributed by atoms with E-state index < -0.39 is 0 Å². The number of thiophene rings is 1. The summed E-state index contributed by atoms with van der Waals surface area (Å²) in [5.41, 5.74) is 0.442. The van der Waals surface area contributed by atoms with Crippen molar-refractivity contribution in [2.24, 2.45) is 5.41 Å². The lowest BCUT2D eigenvalue weighted by Gasteiger charge is -2.52. The smallest absolute Gasteiger partial charge is 0.219 e. The number of carbonyl (C=O) groups is 1. The Morgan fingerprint density at radius 3 is 2.76 bits per heavy atom. The van der Waals surface area contributed by atoms with Crippen molar-refractivity contribution < 1.29 is 4.79 Å². The van der Waals surface area contributed by atoms with E-state index in [0.717, 1.165) is 43.0 Å². The highest BCUT2D eigenvalue weighted by molar-refractivity contribution is 7.18. The van der Waals surface area contributed by atoms with E-state index in [4.69, 9.17) is 0 Å². The third-order valence-electron chi connectivity index (χ3n) is 5.88. The van der Waals surface area contributed by atoms with E-state index in [0.29, 0.717) is 17.9 Å². The molecule has 2 fully saturated rings. The number of rotatable bonds is 4. The number of carbonyl (C=O) groups excluding carboxylic acids is 1. The van der Waals surface area contributed by atoms with Gasteiger partial charge < -0.3 is 10.2 Å². The number of anilines is 1. The highest BCUT2D eigenvalue weighted by atomic mass is 32.1. The molecule has 0 atom stereocenters. The van der Waals surface area contributed by atoms with Crippen LogP contribution in [-0.2, 0) is 11.2 Å². The van der Waals surface area contributed by atoms with E-state index in [9.17, 15) is 4.79 Å². The number of nitrogens with zero attached hydrogens (tertiary/aromatic N) is 3. The average Bonchev–Trinajstić information content (AvgIpc) is 3.04. The van der Waals surface area contributed by atoms with E-state index in [2.05, 4.69) is 33.2 Å². The number of aryl methyl sites for hydroxylation is 1. The van der Waals surface area contributed by atoms with Gasteiger partial charge in [-0.15, -0.1) is 11.3 Å². The van der Waals surface area contributed by atoms with Gasteiger partial charge in [-0.2, -0.15) is 0 Å². The van der Waals surface area contributed by atoms with E-state index in [1.165, 1.54) is 23.1 Å². The summed E-state index contributed by atoms with van der Waals surface area (Å²) in [5, 5.41) is 4.35. The van der Waals surface area contributed by atoms with Crippen LogP contribution >= 0.6 is 11.3 Å². The van der Waals surface area contributed by atoms with Gasteiger partial charge in [-0.1, -0.05) is 13.8 Å². The van der Waals surface area contributed by atoms with E-state index in [1.54, 1.807) is 17.7 Å². The number of hydrogen-bond acceptors (Lipinski definition) is 5. The molecule has 134 valence electrons. The second-order valence-electron chi connectivity index (χ2n) is 7.50. The fourth-order valence-corrected chi connectivity index (χ4v) is 5.27. The van der Waals surface area contributed by atoms with Crippen LogP contribution in [0.1, 0.15) is 50.8 Å². The van der Waals surface area contributed by atoms with Gasteiger partial charge in [0.1, 0.15) is 17.0 Å². The highest BCUT2D eigenvalue weighted by Crippen LogP contribution is 2.49. The number of piperidine rings is 1. The maximum Gasteiger partial charge on any atom is 0.219 e. The molecule has 5 nitrogen and oxygen atoms in total. The molecule has 1 aliphatic carbocycles. The minimum absolute atomic E-state index is 0.185. The third-order valence-corrected chi connectivity index (χ3v) is 7.06. The Hall–Kier alpha value is -1.69. The Morgan fingerprint density at radius 1 is 1.32 bits per heavy atom. The molecule has 6 heteroatoms. The summed E-state index contributed by atoms with van der Waals surface area (Å²) < 4.78 is 0. The van der Waals surface area contributed by atoms with Gasteiger partial charge in [0.15, 0.2) is 0 Å². The third kappa shape index (κ3) is 3.12. The zero-order valence-electron chi connectivity index (χ0n) is 15.0. The molecule has 25 heavy (non-hydrogen) atoms. The van der Waals surface area contributed by atoms with E-state index in [-0.39, 0.29) is 5.91 Å². The van der Waals surface area contributed by atoms with Crippen LogP contribution in [0.3, 0.4) is 0 Å². The van der Waals surface area contributed by atoms with Crippen molar-refractivity contribution in [1.29, 1.82) is 0 Å². The molecule has 1 spiro atoms. The normalized spacial score (nSPS) is 20.0. The van der Waals surface area contributed by atoms with Crippen LogP contribution in [0.15, 0.2) is 12.4 Å². The summed E-state index contributed by atoms with van der Waals surface area (Å²) in [5.74, 6) is 1.29. The first-order chi connectivity index (χ1) is 12.1. The van der Waals surface area contributed by atoms with Gasteiger partial charge in [0.2, 0.25) is 5.91 Å². The van der Waals surface area contributed by atoms with Gasteiger partial charge in [-0.3, -0.25) is 4.79 Å². The molecule has 4 rings (SSSR count). The zero-order valence-corrected chi connectivity index (χ0v) is 15.9. The van der Waals surface area contributed by atoms with E-state index in [1.807, 2.05) is 6.92 Å². The maximum absolute atomic E-state index is 11.5. The fraction of sp³-hybridized carbons (Fsp3) is 0.632. The minimum atomic E-state index is 0.185. The lowest BCUT2D eigenvalue weighted by Crippen LogP contribution is -2.55. The molecule has 2 aromatic rings. The molecule has 0 radical (unpaired) electrons. The molecule has 1 amide bonds. The maximum atomic E-state index is 11.5. The summed E-state index contributed by atoms with van der Waals surface area (Å²) >= 11 is 1.78. The van der Waals surface area contributed by atoms with Crippen molar-refractivity contribution in [2.75, 3.05) is 18.0 Å².